The lowest BCUT2D eigenvalue weighted by atomic mass is 9.77. The summed E-state index contributed by atoms with van der Waals surface area (Å²) < 4.78 is 0. The SMILES string of the molecule is CC1C=CC(NC2C=CC(C3C=CC(NC4C=CCCC4)CC3)CC2)CC1. The molecule has 27 heavy (non-hydrogen) atoms. The molecule has 0 radical (unpaired) electrons. The molecule has 0 amide bonds. The summed E-state index contributed by atoms with van der Waals surface area (Å²) in [7, 11) is 0. The summed E-state index contributed by atoms with van der Waals surface area (Å²) in [6.45, 7) is 2.32. The normalized spacial score (nSPS) is 41.7. The summed E-state index contributed by atoms with van der Waals surface area (Å²) in [5.41, 5.74) is 0. The summed E-state index contributed by atoms with van der Waals surface area (Å²) in [5.74, 6) is 2.26. The predicted molar refractivity (Wildman–Crippen MR) is 116 cm³/mol. The minimum atomic E-state index is 0.574. The summed E-state index contributed by atoms with van der Waals surface area (Å²) in [6.07, 6.45) is 31.2. The Morgan fingerprint density at radius 2 is 1.11 bits per heavy atom. The Balaban J connectivity index is 1.23. The van der Waals surface area contributed by atoms with Crippen LogP contribution >= 0.6 is 0 Å². The quantitative estimate of drug-likeness (QED) is 0.645. The standard InChI is InChI=1S/C25H38N2/c1-19-7-13-23(14-8-19)27-25-17-11-21(12-18-25)20-9-15-24(16-10-20)26-22-5-3-2-4-6-22/h3,5,7,9,11,13,15,17,19-27H,2,4,6,8,10,12,14,16,18H2,1H3. The van der Waals surface area contributed by atoms with Crippen molar-refractivity contribution < 1.29 is 0 Å². The van der Waals surface area contributed by atoms with Gasteiger partial charge in [0.25, 0.3) is 0 Å². The van der Waals surface area contributed by atoms with Crippen LogP contribution in [0.5, 0.6) is 0 Å². The van der Waals surface area contributed by atoms with Gasteiger partial charge >= 0.3 is 0 Å². The van der Waals surface area contributed by atoms with E-state index < -0.39 is 0 Å². The average molecular weight is 367 g/mol. The minimum absolute atomic E-state index is 0.574. The van der Waals surface area contributed by atoms with Crippen LogP contribution in [0.4, 0.5) is 0 Å². The third kappa shape index (κ3) is 5.45. The molecule has 2 heteroatoms. The number of hydrogen-bond acceptors (Lipinski definition) is 2. The first-order valence-electron chi connectivity index (χ1n) is 11.5. The van der Waals surface area contributed by atoms with Crippen LogP contribution in [-0.4, -0.2) is 24.2 Å². The van der Waals surface area contributed by atoms with Gasteiger partial charge in [0, 0.05) is 24.2 Å². The summed E-state index contributed by atoms with van der Waals surface area (Å²) in [5, 5.41) is 7.68. The Morgan fingerprint density at radius 3 is 1.56 bits per heavy atom. The molecule has 0 aromatic rings. The minimum Gasteiger partial charge on any atom is -0.304 e. The second-order valence-electron chi connectivity index (χ2n) is 9.31. The van der Waals surface area contributed by atoms with Gasteiger partial charge in [0.05, 0.1) is 0 Å². The molecule has 4 aliphatic rings. The molecule has 4 rings (SSSR count). The molecule has 4 aliphatic carbocycles. The van der Waals surface area contributed by atoms with Crippen molar-refractivity contribution in [2.75, 3.05) is 0 Å². The molecule has 0 heterocycles. The van der Waals surface area contributed by atoms with E-state index in [1.54, 1.807) is 0 Å². The topological polar surface area (TPSA) is 24.1 Å². The van der Waals surface area contributed by atoms with E-state index in [1.807, 2.05) is 0 Å². The molecule has 0 saturated heterocycles. The van der Waals surface area contributed by atoms with E-state index in [-0.39, 0.29) is 0 Å². The van der Waals surface area contributed by atoms with Gasteiger partial charge in [-0.3, -0.25) is 0 Å². The van der Waals surface area contributed by atoms with Crippen molar-refractivity contribution in [3.8, 4) is 0 Å². The number of rotatable bonds is 5. The zero-order valence-electron chi connectivity index (χ0n) is 17.0. The van der Waals surface area contributed by atoms with Gasteiger partial charge in [-0.1, -0.05) is 55.5 Å². The summed E-state index contributed by atoms with van der Waals surface area (Å²) in [4.78, 5) is 0. The second-order valence-corrected chi connectivity index (χ2v) is 9.31. The van der Waals surface area contributed by atoms with Crippen molar-refractivity contribution in [2.45, 2.75) is 88.9 Å². The lowest BCUT2D eigenvalue weighted by Gasteiger charge is -2.34. The van der Waals surface area contributed by atoms with Gasteiger partial charge in [-0.05, 0) is 75.5 Å². The van der Waals surface area contributed by atoms with Crippen LogP contribution in [-0.2, 0) is 0 Å². The van der Waals surface area contributed by atoms with Crippen LogP contribution in [0, 0.1) is 17.8 Å². The van der Waals surface area contributed by atoms with E-state index in [1.165, 1.54) is 57.8 Å². The summed E-state index contributed by atoms with van der Waals surface area (Å²) >= 11 is 0. The second kappa shape index (κ2) is 9.39. The molecule has 148 valence electrons. The Kier molecular flexibility index (Phi) is 6.68. The first-order chi connectivity index (χ1) is 13.3. The molecule has 0 saturated carbocycles. The van der Waals surface area contributed by atoms with Crippen molar-refractivity contribution in [1.29, 1.82) is 0 Å². The van der Waals surface area contributed by atoms with Gasteiger partial charge in [-0.25, -0.2) is 0 Å². The zero-order chi connectivity index (χ0) is 18.5. The van der Waals surface area contributed by atoms with Crippen molar-refractivity contribution in [2.24, 2.45) is 17.8 Å². The highest BCUT2D eigenvalue weighted by atomic mass is 14.9. The van der Waals surface area contributed by atoms with Crippen LogP contribution in [0.2, 0.25) is 0 Å². The van der Waals surface area contributed by atoms with Gasteiger partial charge in [0.1, 0.15) is 0 Å². The van der Waals surface area contributed by atoms with E-state index in [0.717, 1.165) is 17.8 Å². The predicted octanol–water partition coefficient (Wildman–Crippen LogP) is 5.30. The van der Waals surface area contributed by atoms with Crippen LogP contribution in [0.1, 0.15) is 64.7 Å². The van der Waals surface area contributed by atoms with Crippen molar-refractivity contribution >= 4 is 0 Å². The zero-order valence-corrected chi connectivity index (χ0v) is 17.0. The molecule has 2 N–H and O–H groups in total. The van der Waals surface area contributed by atoms with E-state index in [9.17, 15) is 0 Å². The molecule has 0 fully saturated rings. The maximum Gasteiger partial charge on any atom is 0.0255 e. The largest absolute Gasteiger partial charge is 0.304 e. The number of hydrogen-bond donors (Lipinski definition) is 2. The van der Waals surface area contributed by atoms with Gasteiger partial charge in [-0.15, -0.1) is 0 Å². The number of nitrogens with one attached hydrogen (secondary N) is 2. The van der Waals surface area contributed by atoms with Crippen LogP contribution in [0.25, 0.3) is 0 Å². The Labute approximate surface area is 166 Å². The maximum absolute atomic E-state index is 3.85. The Morgan fingerprint density at radius 1 is 0.556 bits per heavy atom. The number of allylic oxidation sites excluding steroid dienone is 4. The van der Waals surface area contributed by atoms with E-state index in [4.69, 9.17) is 0 Å². The van der Waals surface area contributed by atoms with E-state index >= 15 is 0 Å². The third-order valence-electron chi connectivity index (χ3n) is 7.07. The first kappa shape index (κ1) is 19.2. The van der Waals surface area contributed by atoms with Gasteiger partial charge in [0.2, 0.25) is 0 Å². The van der Waals surface area contributed by atoms with Crippen molar-refractivity contribution in [3.63, 3.8) is 0 Å². The van der Waals surface area contributed by atoms with E-state index in [0.29, 0.717) is 24.2 Å². The molecule has 2 nitrogen and oxygen atoms in total. The van der Waals surface area contributed by atoms with Crippen LogP contribution in [0.15, 0.2) is 48.6 Å². The van der Waals surface area contributed by atoms with Gasteiger partial charge in [-0.2, -0.15) is 0 Å². The highest BCUT2D eigenvalue weighted by Crippen LogP contribution is 2.32. The van der Waals surface area contributed by atoms with Crippen LogP contribution < -0.4 is 10.6 Å². The molecular formula is C25H38N2. The Hall–Kier alpha value is -1.12. The smallest absolute Gasteiger partial charge is 0.0255 e. The van der Waals surface area contributed by atoms with Gasteiger partial charge in [0.15, 0.2) is 0 Å². The molecule has 0 bridgehead atoms. The molecular weight excluding hydrogens is 328 g/mol. The summed E-state index contributed by atoms with van der Waals surface area (Å²) in [6, 6.07) is 2.34. The molecule has 0 spiro atoms. The Bertz CT molecular complexity index is 587. The monoisotopic (exact) mass is 366 g/mol. The van der Waals surface area contributed by atoms with Crippen molar-refractivity contribution in [3.05, 3.63) is 48.6 Å². The fraction of sp³-hybridized carbons (Fsp3) is 0.680. The fourth-order valence-corrected chi connectivity index (χ4v) is 5.27. The maximum atomic E-state index is 3.85. The molecule has 7 unspecified atom stereocenters. The molecule has 0 aromatic carbocycles. The van der Waals surface area contributed by atoms with Crippen molar-refractivity contribution in [1.82, 2.24) is 10.6 Å². The first-order valence-corrected chi connectivity index (χ1v) is 11.5. The molecule has 0 aromatic heterocycles. The average Bonchev–Trinajstić information content (AvgIpc) is 2.72. The fourth-order valence-electron chi connectivity index (χ4n) is 5.27. The van der Waals surface area contributed by atoms with Gasteiger partial charge < -0.3 is 10.6 Å². The third-order valence-corrected chi connectivity index (χ3v) is 7.07. The molecule has 7 atom stereocenters. The van der Waals surface area contributed by atoms with E-state index in [2.05, 4.69) is 66.2 Å². The lowest BCUT2D eigenvalue weighted by molar-refractivity contribution is 0.327. The highest BCUT2D eigenvalue weighted by Gasteiger charge is 2.26. The highest BCUT2D eigenvalue weighted by molar-refractivity contribution is 5.13. The van der Waals surface area contributed by atoms with Crippen LogP contribution in [0.3, 0.4) is 0 Å². The molecule has 0 aliphatic heterocycles. The lowest BCUT2D eigenvalue weighted by Crippen LogP contribution is -2.40.